The SMILES string of the molecule is N#CC=CCCC1CCC(C=CC2CCC(c3ccc(OC(F)(F)F)cc3)CC2)CC1. The van der Waals surface area contributed by atoms with E-state index in [4.69, 9.17) is 5.26 Å². The Morgan fingerprint density at radius 3 is 2.03 bits per heavy atom. The summed E-state index contributed by atoms with van der Waals surface area (Å²) in [6.07, 6.45) is 15.6. The summed E-state index contributed by atoms with van der Waals surface area (Å²) in [5.41, 5.74) is 1.11. The molecule has 2 fully saturated rings. The zero-order chi connectivity index (χ0) is 22.1. The van der Waals surface area contributed by atoms with Gasteiger partial charge in [-0.3, -0.25) is 0 Å². The van der Waals surface area contributed by atoms with Gasteiger partial charge in [-0.05, 0) is 106 Å². The van der Waals surface area contributed by atoms with Crippen LogP contribution in [0.4, 0.5) is 13.2 Å². The smallest absolute Gasteiger partial charge is 0.406 e. The quantitative estimate of drug-likeness (QED) is 0.323. The number of halogens is 3. The molecule has 0 unspecified atom stereocenters. The lowest BCUT2D eigenvalue weighted by molar-refractivity contribution is -0.274. The van der Waals surface area contributed by atoms with Crippen molar-refractivity contribution >= 4 is 0 Å². The third-order valence-electron chi connectivity index (χ3n) is 6.84. The standard InChI is InChI=1S/C26H32F3NO/c27-26(28,29)31-25-17-15-24(16-18-25)23-13-11-22(12-14-23)10-9-21-7-5-20(6-8-21)4-2-1-3-19-30/h1,3,9-10,15-18,20-23H,2,4-8,11-14H2. The molecule has 5 heteroatoms. The van der Waals surface area contributed by atoms with Crippen LogP contribution in [0.3, 0.4) is 0 Å². The maximum atomic E-state index is 12.3. The highest BCUT2D eigenvalue weighted by Gasteiger charge is 2.31. The van der Waals surface area contributed by atoms with Gasteiger partial charge in [0.05, 0.1) is 6.07 Å². The Hall–Kier alpha value is -2.22. The highest BCUT2D eigenvalue weighted by molar-refractivity contribution is 5.30. The summed E-state index contributed by atoms with van der Waals surface area (Å²) >= 11 is 0. The molecule has 1 aromatic carbocycles. The number of ether oxygens (including phenoxy) is 1. The highest BCUT2D eigenvalue weighted by Crippen LogP contribution is 2.38. The Labute approximate surface area is 183 Å². The highest BCUT2D eigenvalue weighted by atomic mass is 19.4. The van der Waals surface area contributed by atoms with Gasteiger partial charge in [0.2, 0.25) is 0 Å². The number of rotatable bonds is 7. The normalized spacial score (nSPS) is 27.4. The predicted octanol–water partition coefficient (Wildman–Crippen LogP) is 8.08. The first kappa shape index (κ1) is 23.4. The molecule has 3 rings (SSSR count). The van der Waals surface area contributed by atoms with E-state index in [1.54, 1.807) is 18.2 Å². The number of hydrogen-bond acceptors (Lipinski definition) is 2. The van der Waals surface area contributed by atoms with Crippen LogP contribution in [0.2, 0.25) is 0 Å². The lowest BCUT2D eigenvalue weighted by Crippen LogP contribution is -2.17. The molecule has 0 bridgehead atoms. The van der Waals surface area contributed by atoms with Gasteiger partial charge in [0.25, 0.3) is 0 Å². The Morgan fingerprint density at radius 1 is 0.903 bits per heavy atom. The van der Waals surface area contributed by atoms with Crippen LogP contribution in [0, 0.1) is 29.1 Å². The van der Waals surface area contributed by atoms with Crippen molar-refractivity contribution in [2.24, 2.45) is 17.8 Å². The Morgan fingerprint density at radius 2 is 1.48 bits per heavy atom. The summed E-state index contributed by atoms with van der Waals surface area (Å²) in [4.78, 5) is 0. The number of allylic oxidation sites excluding steroid dienone is 4. The van der Waals surface area contributed by atoms with Crippen LogP contribution < -0.4 is 4.74 Å². The average Bonchev–Trinajstić information content (AvgIpc) is 2.76. The minimum absolute atomic E-state index is 0.152. The van der Waals surface area contributed by atoms with Crippen LogP contribution in [0.1, 0.15) is 75.7 Å². The lowest BCUT2D eigenvalue weighted by Gasteiger charge is -2.29. The molecule has 0 heterocycles. The van der Waals surface area contributed by atoms with Gasteiger partial charge >= 0.3 is 6.36 Å². The zero-order valence-corrected chi connectivity index (χ0v) is 18.0. The zero-order valence-electron chi connectivity index (χ0n) is 18.0. The molecule has 0 spiro atoms. The van der Waals surface area contributed by atoms with Gasteiger partial charge in [0, 0.05) is 6.08 Å². The fourth-order valence-corrected chi connectivity index (χ4v) is 5.04. The van der Waals surface area contributed by atoms with Crippen molar-refractivity contribution < 1.29 is 17.9 Å². The van der Waals surface area contributed by atoms with Crippen LogP contribution >= 0.6 is 0 Å². The molecular weight excluding hydrogens is 399 g/mol. The van der Waals surface area contributed by atoms with Crippen molar-refractivity contribution in [3.8, 4) is 11.8 Å². The van der Waals surface area contributed by atoms with Gasteiger partial charge in [-0.25, -0.2) is 0 Å². The number of alkyl halides is 3. The third-order valence-corrected chi connectivity index (χ3v) is 6.84. The van der Waals surface area contributed by atoms with Gasteiger partial charge in [0.1, 0.15) is 5.75 Å². The van der Waals surface area contributed by atoms with Crippen LogP contribution in [-0.4, -0.2) is 6.36 Å². The average molecular weight is 432 g/mol. The van der Waals surface area contributed by atoms with E-state index in [-0.39, 0.29) is 5.75 Å². The summed E-state index contributed by atoms with van der Waals surface area (Å²) in [5.74, 6) is 2.40. The van der Waals surface area contributed by atoms with Crippen molar-refractivity contribution in [1.29, 1.82) is 5.26 Å². The second-order valence-corrected chi connectivity index (χ2v) is 9.00. The number of benzene rings is 1. The molecule has 2 saturated carbocycles. The van der Waals surface area contributed by atoms with E-state index in [0.717, 1.165) is 43.6 Å². The summed E-state index contributed by atoms with van der Waals surface area (Å²) < 4.78 is 40.9. The largest absolute Gasteiger partial charge is 0.573 e. The first-order valence-electron chi connectivity index (χ1n) is 11.5. The Bertz CT molecular complexity index is 759. The fraction of sp³-hybridized carbons (Fsp3) is 0.577. The van der Waals surface area contributed by atoms with Gasteiger partial charge in [0.15, 0.2) is 0 Å². The summed E-state index contributed by atoms with van der Waals surface area (Å²) in [7, 11) is 0. The molecule has 1 aromatic rings. The van der Waals surface area contributed by atoms with Gasteiger partial charge in [-0.1, -0.05) is 30.4 Å². The van der Waals surface area contributed by atoms with Crippen molar-refractivity contribution in [3.05, 3.63) is 54.1 Å². The topological polar surface area (TPSA) is 33.0 Å². The molecule has 0 atom stereocenters. The maximum absolute atomic E-state index is 12.3. The summed E-state index contributed by atoms with van der Waals surface area (Å²) in [6, 6.07) is 8.44. The molecule has 168 valence electrons. The molecule has 2 nitrogen and oxygen atoms in total. The van der Waals surface area contributed by atoms with Crippen molar-refractivity contribution in [2.75, 3.05) is 0 Å². The van der Waals surface area contributed by atoms with E-state index < -0.39 is 6.36 Å². The van der Waals surface area contributed by atoms with Gasteiger partial charge in [-0.2, -0.15) is 5.26 Å². The Kier molecular flexibility index (Phi) is 8.63. The molecule has 0 saturated heterocycles. The fourth-order valence-electron chi connectivity index (χ4n) is 5.04. The van der Waals surface area contributed by atoms with Crippen molar-refractivity contribution in [1.82, 2.24) is 0 Å². The minimum atomic E-state index is -4.64. The molecule has 2 aliphatic rings. The summed E-state index contributed by atoms with van der Waals surface area (Å²) in [5, 5.41) is 8.54. The van der Waals surface area contributed by atoms with Crippen LogP contribution in [0.25, 0.3) is 0 Å². The monoisotopic (exact) mass is 431 g/mol. The minimum Gasteiger partial charge on any atom is -0.406 e. The maximum Gasteiger partial charge on any atom is 0.573 e. The summed E-state index contributed by atoms with van der Waals surface area (Å²) in [6.45, 7) is 0. The van der Waals surface area contributed by atoms with E-state index in [1.165, 1.54) is 44.2 Å². The molecule has 0 amide bonds. The van der Waals surface area contributed by atoms with Gasteiger partial charge < -0.3 is 4.74 Å². The molecule has 0 N–H and O–H groups in total. The first-order chi connectivity index (χ1) is 14.9. The van der Waals surface area contributed by atoms with E-state index in [9.17, 15) is 13.2 Å². The molecule has 0 aromatic heterocycles. The second kappa shape index (κ2) is 11.4. The third kappa shape index (κ3) is 8.09. The molecular formula is C26H32F3NO. The first-order valence-corrected chi connectivity index (χ1v) is 11.5. The number of nitrogens with zero attached hydrogens (tertiary/aromatic N) is 1. The molecule has 2 aliphatic carbocycles. The van der Waals surface area contributed by atoms with Crippen LogP contribution in [-0.2, 0) is 0 Å². The van der Waals surface area contributed by atoms with Crippen LogP contribution in [0.5, 0.6) is 5.75 Å². The Balaban J connectivity index is 1.37. The number of nitriles is 1. The van der Waals surface area contributed by atoms with Gasteiger partial charge in [-0.15, -0.1) is 13.2 Å². The lowest BCUT2D eigenvalue weighted by atomic mass is 9.77. The van der Waals surface area contributed by atoms with Crippen LogP contribution in [0.15, 0.2) is 48.6 Å². The van der Waals surface area contributed by atoms with E-state index in [2.05, 4.69) is 16.9 Å². The van der Waals surface area contributed by atoms with E-state index in [1.807, 2.05) is 12.1 Å². The number of hydrogen-bond donors (Lipinski definition) is 0. The molecule has 0 aliphatic heterocycles. The van der Waals surface area contributed by atoms with Crippen molar-refractivity contribution in [3.63, 3.8) is 0 Å². The van der Waals surface area contributed by atoms with E-state index >= 15 is 0 Å². The van der Waals surface area contributed by atoms with E-state index in [0.29, 0.717) is 17.8 Å². The van der Waals surface area contributed by atoms with Crippen molar-refractivity contribution in [2.45, 2.75) is 76.5 Å². The molecule has 31 heavy (non-hydrogen) atoms. The predicted molar refractivity (Wildman–Crippen MR) is 116 cm³/mol. The molecule has 0 radical (unpaired) electrons. The second-order valence-electron chi connectivity index (χ2n) is 9.00.